The number of pyridine rings is 1. The lowest BCUT2D eigenvalue weighted by Gasteiger charge is -2.04. The van der Waals surface area contributed by atoms with Gasteiger partial charge in [-0.2, -0.15) is 0 Å². The van der Waals surface area contributed by atoms with E-state index in [2.05, 4.69) is 36.8 Å². The van der Waals surface area contributed by atoms with E-state index < -0.39 is 0 Å². The zero-order valence-electron chi connectivity index (χ0n) is 8.15. The number of halogens is 2. The first-order chi connectivity index (χ1) is 7.65. The minimum Gasteiger partial charge on any atom is -0.399 e. The van der Waals surface area contributed by atoms with Crippen LogP contribution in [0.5, 0.6) is 0 Å². The number of nitrogens with two attached hydrogens (primary N) is 1. The van der Waals surface area contributed by atoms with Crippen molar-refractivity contribution in [2.75, 3.05) is 5.73 Å². The van der Waals surface area contributed by atoms with Gasteiger partial charge in [0.25, 0.3) is 0 Å². The number of hydrogen-bond donors (Lipinski definition) is 1. The quantitative estimate of drug-likeness (QED) is 0.810. The molecule has 0 spiro atoms. The van der Waals surface area contributed by atoms with E-state index in [1.807, 2.05) is 30.3 Å². The molecule has 0 bridgehead atoms. The molecule has 0 aliphatic carbocycles. The summed E-state index contributed by atoms with van der Waals surface area (Å²) >= 11 is 8.45. The van der Waals surface area contributed by atoms with Crippen molar-refractivity contribution in [1.29, 1.82) is 0 Å². The fourth-order valence-corrected chi connectivity index (χ4v) is 3.11. The molecule has 16 heavy (non-hydrogen) atoms. The summed E-state index contributed by atoms with van der Waals surface area (Å²) in [7, 11) is 0. The topological polar surface area (TPSA) is 38.9 Å². The molecule has 1 aromatic heterocycles. The van der Waals surface area contributed by atoms with Crippen LogP contribution in [0.25, 0.3) is 0 Å². The van der Waals surface area contributed by atoms with E-state index in [9.17, 15) is 0 Å². The van der Waals surface area contributed by atoms with Gasteiger partial charge in [-0.1, -0.05) is 11.8 Å². The molecule has 0 radical (unpaired) electrons. The molecule has 2 rings (SSSR count). The number of anilines is 1. The van der Waals surface area contributed by atoms with Crippen LogP contribution >= 0.6 is 43.6 Å². The fourth-order valence-electron chi connectivity index (χ4n) is 1.12. The highest BCUT2D eigenvalue weighted by Crippen LogP contribution is 2.33. The van der Waals surface area contributed by atoms with Gasteiger partial charge >= 0.3 is 0 Å². The van der Waals surface area contributed by atoms with Crippen LogP contribution < -0.4 is 5.73 Å². The van der Waals surface area contributed by atoms with E-state index >= 15 is 0 Å². The average Bonchev–Trinajstić information content (AvgIpc) is 2.25. The van der Waals surface area contributed by atoms with Crippen molar-refractivity contribution >= 4 is 49.3 Å². The van der Waals surface area contributed by atoms with Gasteiger partial charge in [0.15, 0.2) is 0 Å². The van der Waals surface area contributed by atoms with Crippen molar-refractivity contribution in [2.45, 2.75) is 9.92 Å². The van der Waals surface area contributed by atoms with E-state index in [4.69, 9.17) is 5.73 Å². The second-order valence-corrected chi connectivity index (χ2v) is 5.94. The number of benzene rings is 1. The smallest absolute Gasteiger partial charge is 0.115 e. The maximum absolute atomic E-state index is 5.63. The molecule has 5 heteroatoms. The van der Waals surface area contributed by atoms with Gasteiger partial charge in [-0.15, -0.1) is 0 Å². The van der Waals surface area contributed by atoms with Gasteiger partial charge in [-0.3, -0.25) is 0 Å². The number of rotatable bonds is 2. The lowest BCUT2D eigenvalue weighted by molar-refractivity contribution is 1.10. The Morgan fingerprint density at radius 1 is 1.12 bits per heavy atom. The summed E-state index contributed by atoms with van der Waals surface area (Å²) in [6.45, 7) is 0. The molecule has 0 fully saturated rings. The van der Waals surface area contributed by atoms with Gasteiger partial charge in [-0.05, 0) is 62.2 Å². The van der Waals surface area contributed by atoms with Gasteiger partial charge in [-0.25, -0.2) is 4.98 Å². The first kappa shape index (κ1) is 12.0. The Morgan fingerprint density at radius 3 is 2.44 bits per heavy atom. The standard InChI is InChI=1S/C11H8Br2N2S/c12-7-5-10(13)11(15-6-7)16-9-3-1-8(14)2-4-9/h1-6H,14H2. The Morgan fingerprint density at radius 2 is 1.81 bits per heavy atom. The molecule has 2 aromatic rings. The van der Waals surface area contributed by atoms with Crippen molar-refractivity contribution in [3.05, 3.63) is 45.5 Å². The molecule has 1 heterocycles. The molecule has 2 nitrogen and oxygen atoms in total. The summed E-state index contributed by atoms with van der Waals surface area (Å²) in [6, 6.07) is 9.71. The van der Waals surface area contributed by atoms with Gasteiger partial charge in [0, 0.05) is 21.3 Å². The fraction of sp³-hybridized carbons (Fsp3) is 0. The second kappa shape index (κ2) is 5.21. The zero-order chi connectivity index (χ0) is 11.5. The third-order valence-electron chi connectivity index (χ3n) is 1.87. The molecule has 1 aromatic carbocycles. The van der Waals surface area contributed by atoms with Crippen LogP contribution in [0.2, 0.25) is 0 Å². The van der Waals surface area contributed by atoms with Crippen LogP contribution in [-0.4, -0.2) is 4.98 Å². The molecule has 0 saturated carbocycles. The highest BCUT2D eigenvalue weighted by Gasteiger charge is 2.04. The molecule has 0 aliphatic rings. The normalized spacial score (nSPS) is 10.4. The van der Waals surface area contributed by atoms with E-state index in [0.717, 1.165) is 24.6 Å². The summed E-state index contributed by atoms with van der Waals surface area (Å²) < 4.78 is 1.93. The minimum atomic E-state index is 0.771. The molecule has 0 unspecified atom stereocenters. The Labute approximate surface area is 115 Å². The Bertz CT molecular complexity index is 500. The summed E-state index contributed by atoms with van der Waals surface area (Å²) in [5, 5.41) is 0.938. The predicted molar refractivity (Wildman–Crippen MR) is 74.6 cm³/mol. The molecule has 0 aliphatic heterocycles. The van der Waals surface area contributed by atoms with Crippen LogP contribution in [0.1, 0.15) is 0 Å². The predicted octanol–water partition coefficient (Wildman–Crippen LogP) is 4.34. The van der Waals surface area contributed by atoms with Gasteiger partial charge in [0.2, 0.25) is 0 Å². The van der Waals surface area contributed by atoms with Crippen LogP contribution in [0.4, 0.5) is 5.69 Å². The number of hydrogen-bond acceptors (Lipinski definition) is 3. The first-order valence-corrected chi connectivity index (χ1v) is 6.90. The molecule has 0 atom stereocenters. The molecular weight excluding hydrogens is 352 g/mol. The number of nitrogens with zero attached hydrogens (tertiary/aromatic N) is 1. The van der Waals surface area contributed by atoms with E-state index in [1.54, 1.807) is 18.0 Å². The summed E-state index contributed by atoms with van der Waals surface area (Å²) in [4.78, 5) is 5.45. The largest absolute Gasteiger partial charge is 0.399 e. The number of aromatic nitrogens is 1. The SMILES string of the molecule is Nc1ccc(Sc2ncc(Br)cc2Br)cc1. The Hall–Kier alpha value is -0.520. The van der Waals surface area contributed by atoms with Crippen molar-refractivity contribution in [1.82, 2.24) is 4.98 Å². The molecule has 82 valence electrons. The highest BCUT2D eigenvalue weighted by atomic mass is 79.9. The van der Waals surface area contributed by atoms with E-state index in [1.165, 1.54) is 0 Å². The van der Waals surface area contributed by atoms with E-state index in [-0.39, 0.29) is 0 Å². The lowest BCUT2D eigenvalue weighted by atomic mass is 10.3. The van der Waals surface area contributed by atoms with Crippen LogP contribution in [0.3, 0.4) is 0 Å². The molecule has 0 amide bonds. The molecular formula is C11H8Br2N2S. The highest BCUT2D eigenvalue weighted by molar-refractivity contribution is 9.11. The van der Waals surface area contributed by atoms with Crippen molar-refractivity contribution in [2.24, 2.45) is 0 Å². The summed E-state index contributed by atoms with van der Waals surface area (Å²) in [5.41, 5.74) is 6.40. The summed E-state index contributed by atoms with van der Waals surface area (Å²) in [5.74, 6) is 0. The third-order valence-corrected chi connectivity index (χ3v) is 4.20. The Kier molecular flexibility index (Phi) is 3.89. The zero-order valence-corrected chi connectivity index (χ0v) is 12.1. The van der Waals surface area contributed by atoms with Gasteiger partial charge in [0.05, 0.1) is 4.47 Å². The van der Waals surface area contributed by atoms with Crippen molar-refractivity contribution in [3.63, 3.8) is 0 Å². The van der Waals surface area contributed by atoms with Crippen molar-refractivity contribution in [3.8, 4) is 0 Å². The third kappa shape index (κ3) is 2.99. The van der Waals surface area contributed by atoms with Crippen LogP contribution in [0.15, 0.2) is 55.4 Å². The van der Waals surface area contributed by atoms with Gasteiger partial charge in [0.1, 0.15) is 5.03 Å². The number of nitrogen functional groups attached to an aromatic ring is 1. The molecule has 0 saturated heterocycles. The lowest BCUT2D eigenvalue weighted by Crippen LogP contribution is -1.84. The van der Waals surface area contributed by atoms with Crippen molar-refractivity contribution < 1.29 is 0 Å². The maximum Gasteiger partial charge on any atom is 0.115 e. The second-order valence-electron chi connectivity index (χ2n) is 3.11. The maximum atomic E-state index is 5.63. The minimum absolute atomic E-state index is 0.771. The Balaban J connectivity index is 2.23. The van der Waals surface area contributed by atoms with Crippen LogP contribution in [0, 0.1) is 0 Å². The van der Waals surface area contributed by atoms with E-state index in [0.29, 0.717) is 0 Å². The summed E-state index contributed by atoms with van der Waals surface area (Å²) in [6.07, 6.45) is 1.78. The van der Waals surface area contributed by atoms with Gasteiger partial charge < -0.3 is 5.73 Å². The average molecular weight is 360 g/mol. The monoisotopic (exact) mass is 358 g/mol. The van der Waals surface area contributed by atoms with Crippen LogP contribution in [-0.2, 0) is 0 Å². The molecule has 2 N–H and O–H groups in total. The first-order valence-electron chi connectivity index (χ1n) is 4.49.